The summed E-state index contributed by atoms with van der Waals surface area (Å²) >= 11 is 0. The van der Waals surface area contributed by atoms with Gasteiger partial charge in [-0.25, -0.2) is 4.79 Å². The molecule has 0 aliphatic carbocycles. The first-order valence-electron chi connectivity index (χ1n) is 7.44. The lowest BCUT2D eigenvalue weighted by molar-refractivity contribution is -0.387. The van der Waals surface area contributed by atoms with Gasteiger partial charge in [0.15, 0.2) is 13.2 Å². The average molecular weight is 362 g/mol. The lowest BCUT2D eigenvalue weighted by Gasteiger charge is -2.09. The molecule has 0 atom stereocenters. The third-order valence-electron chi connectivity index (χ3n) is 3.23. The quantitative estimate of drug-likeness (QED) is 0.461. The van der Waals surface area contributed by atoms with Crippen molar-refractivity contribution < 1.29 is 28.4 Å². The molecule has 0 aliphatic heterocycles. The molecule has 136 valence electrons. The van der Waals surface area contributed by atoms with E-state index in [2.05, 4.69) is 5.32 Å². The maximum atomic E-state index is 13.2. The number of halogens is 1. The van der Waals surface area contributed by atoms with E-state index in [1.165, 1.54) is 0 Å². The molecule has 0 saturated carbocycles. The van der Waals surface area contributed by atoms with Crippen LogP contribution in [0.2, 0.25) is 0 Å². The number of aryl methyl sites for hydroxylation is 1. The van der Waals surface area contributed by atoms with E-state index in [-0.39, 0.29) is 12.3 Å². The Hall–Kier alpha value is -3.49. The second kappa shape index (κ2) is 8.56. The molecule has 0 aromatic heterocycles. The highest BCUT2D eigenvalue weighted by molar-refractivity contribution is 5.93. The summed E-state index contributed by atoms with van der Waals surface area (Å²) in [6, 6.07) is 9.97. The van der Waals surface area contributed by atoms with Crippen LogP contribution in [0.15, 0.2) is 42.5 Å². The minimum absolute atomic E-state index is 0.00955. The lowest BCUT2D eigenvalue weighted by Crippen LogP contribution is -2.23. The highest BCUT2D eigenvalue weighted by Crippen LogP contribution is 2.21. The van der Waals surface area contributed by atoms with Crippen LogP contribution in [0, 0.1) is 22.9 Å². The Morgan fingerprint density at radius 2 is 1.92 bits per heavy atom. The number of hydrogen-bond donors (Lipinski definition) is 1. The first-order valence-corrected chi connectivity index (χ1v) is 7.44. The summed E-state index contributed by atoms with van der Waals surface area (Å²) in [5.74, 6) is -1.98. The summed E-state index contributed by atoms with van der Waals surface area (Å²) in [5.41, 5.74) is 0.0812. The van der Waals surface area contributed by atoms with Gasteiger partial charge >= 0.3 is 11.7 Å². The van der Waals surface area contributed by atoms with E-state index in [1.807, 2.05) is 19.1 Å². The number of nitrogens with zero attached hydrogens (tertiary/aromatic N) is 1. The number of ether oxygens (including phenoxy) is 2. The van der Waals surface area contributed by atoms with Crippen LogP contribution in [0.5, 0.6) is 5.75 Å². The molecule has 26 heavy (non-hydrogen) atoms. The van der Waals surface area contributed by atoms with Crippen molar-refractivity contribution in [1.82, 2.24) is 0 Å². The van der Waals surface area contributed by atoms with Gasteiger partial charge < -0.3 is 14.8 Å². The fraction of sp³-hybridized carbons (Fsp3) is 0.176. The van der Waals surface area contributed by atoms with Crippen LogP contribution in [0.3, 0.4) is 0 Å². The number of anilines is 1. The number of para-hydroxylation sites is 1. The number of nitro groups is 1. The van der Waals surface area contributed by atoms with Crippen LogP contribution >= 0.6 is 0 Å². The van der Waals surface area contributed by atoms with Crippen LogP contribution in [-0.2, 0) is 14.3 Å². The van der Waals surface area contributed by atoms with Crippen molar-refractivity contribution >= 4 is 23.3 Å². The van der Waals surface area contributed by atoms with E-state index in [4.69, 9.17) is 9.47 Å². The molecule has 0 spiro atoms. The van der Waals surface area contributed by atoms with Gasteiger partial charge in [-0.3, -0.25) is 14.9 Å². The van der Waals surface area contributed by atoms with Crippen LogP contribution in [0.1, 0.15) is 5.56 Å². The molecule has 9 heteroatoms. The van der Waals surface area contributed by atoms with Crippen molar-refractivity contribution in [2.45, 2.75) is 6.92 Å². The minimum Gasteiger partial charge on any atom is -0.482 e. The Kier molecular flexibility index (Phi) is 6.20. The number of amides is 1. The largest absolute Gasteiger partial charge is 0.482 e. The number of carbonyl (C=O) groups excluding carboxylic acids is 2. The molecule has 2 aromatic rings. The molecular formula is C17H15FN2O6. The molecule has 0 radical (unpaired) electrons. The topological polar surface area (TPSA) is 108 Å². The van der Waals surface area contributed by atoms with E-state index in [9.17, 15) is 24.1 Å². The SMILES string of the molecule is Cc1ccccc1OCC(=O)OCC(=O)Nc1ccc(F)c([N+](=O)[O-])c1. The first kappa shape index (κ1) is 18.8. The number of carbonyl (C=O) groups is 2. The fourth-order valence-corrected chi connectivity index (χ4v) is 1.97. The molecule has 2 aromatic carbocycles. The number of benzene rings is 2. The van der Waals surface area contributed by atoms with Gasteiger partial charge in [-0.2, -0.15) is 4.39 Å². The second-order valence-corrected chi connectivity index (χ2v) is 5.19. The number of esters is 1. The maximum absolute atomic E-state index is 13.2. The Morgan fingerprint density at radius 1 is 1.19 bits per heavy atom. The first-order chi connectivity index (χ1) is 12.4. The van der Waals surface area contributed by atoms with Gasteiger partial charge in [0.25, 0.3) is 5.91 Å². The molecule has 8 nitrogen and oxygen atoms in total. The normalized spacial score (nSPS) is 10.1. The Balaban J connectivity index is 1.81. The van der Waals surface area contributed by atoms with E-state index in [0.29, 0.717) is 5.75 Å². The number of hydrogen-bond acceptors (Lipinski definition) is 6. The van der Waals surface area contributed by atoms with Crippen LogP contribution in [0.4, 0.5) is 15.8 Å². The zero-order valence-corrected chi connectivity index (χ0v) is 13.7. The van der Waals surface area contributed by atoms with Crippen molar-refractivity contribution in [3.63, 3.8) is 0 Å². The van der Waals surface area contributed by atoms with Gasteiger partial charge in [0.2, 0.25) is 5.82 Å². The van der Waals surface area contributed by atoms with Gasteiger partial charge in [-0.05, 0) is 30.7 Å². The Bertz CT molecular complexity index is 840. The summed E-state index contributed by atoms with van der Waals surface area (Å²) in [5, 5.41) is 12.9. The average Bonchev–Trinajstić information content (AvgIpc) is 2.60. The third kappa shape index (κ3) is 5.26. The zero-order chi connectivity index (χ0) is 19.1. The second-order valence-electron chi connectivity index (χ2n) is 5.19. The molecule has 0 aliphatic rings. The summed E-state index contributed by atoms with van der Waals surface area (Å²) in [4.78, 5) is 33.1. The smallest absolute Gasteiger partial charge is 0.344 e. The monoisotopic (exact) mass is 362 g/mol. The van der Waals surface area contributed by atoms with E-state index in [0.717, 1.165) is 23.8 Å². The Morgan fingerprint density at radius 3 is 2.62 bits per heavy atom. The van der Waals surface area contributed by atoms with Crippen molar-refractivity contribution in [2.75, 3.05) is 18.5 Å². The number of nitrogens with one attached hydrogen (secondary N) is 1. The molecule has 1 amide bonds. The van der Waals surface area contributed by atoms with E-state index >= 15 is 0 Å². The Labute approximate surface area is 147 Å². The summed E-state index contributed by atoms with van der Waals surface area (Å²) in [6.45, 7) is 0.831. The standard InChI is InChI=1S/C17H15FN2O6/c1-11-4-2-3-5-15(11)25-10-17(22)26-9-16(21)19-12-6-7-13(18)14(8-12)20(23)24/h2-8H,9-10H2,1H3,(H,19,21). The van der Waals surface area contributed by atoms with Crippen molar-refractivity contribution in [1.29, 1.82) is 0 Å². The summed E-state index contributed by atoms with van der Waals surface area (Å²) < 4.78 is 23.3. The molecule has 0 saturated heterocycles. The zero-order valence-electron chi connectivity index (χ0n) is 13.7. The molecule has 0 fully saturated rings. The van der Waals surface area contributed by atoms with Gasteiger partial charge in [0, 0.05) is 11.8 Å². The van der Waals surface area contributed by atoms with E-state index in [1.54, 1.807) is 12.1 Å². The summed E-state index contributed by atoms with van der Waals surface area (Å²) in [6.07, 6.45) is 0. The summed E-state index contributed by atoms with van der Waals surface area (Å²) in [7, 11) is 0. The molecule has 0 unspecified atom stereocenters. The van der Waals surface area contributed by atoms with Crippen LogP contribution in [-0.4, -0.2) is 30.0 Å². The fourth-order valence-electron chi connectivity index (χ4n) is 1.97. The third-order valence-corrected chi connectivity index (χ3v) is 3.23. The predicted molar refractivity (Wildman–Crippen MR) is 89.3 cm³/mol. The molecule has 0 bridgehead atoms. The number of nitro benzene ring substituents is 1. The highest BCUT2D eigenvalue weighted by Gasteiger charge is 2.16. The van der Waals surface area contributed by atoms with E-state index < -0.39 is 34.9 Å². The predicted octanol–water partition coefficient (Wildman–Crippen LogP) is 2.60. The molecular weight excluding hydrogens is 347 g/mol. The maximum Gasteiger partial charge on any atom is 0.344 e. The minimum atomic E-state index is -1.02. The molecule has 2 rings (SSSR count). The van der Waals surface area contributed by atoms with Crippen LogP contribution < -0.4 is 10.1 Å². The number of rotatable bonds is 7. The lowest BCUT2D eigenvalue weighted by atomic mass is 10.2. The van der Waals surface area contributed by atoms with Gasteiger partial charge in [0.1, 0.15) is 5.75 Å². The highest BCUT2D eigenvalue weighted by atomic mass is 19.1. The van der Waals surface area contributed by atoms with Crippen molar-refractivity contribution in [3.8, 4) is 5.75 Å². The van der Waals surface area contributed by atoms with Crippen molar-refractivity contribution in [3.05, 3.63) is 64.0 Å². The van der Waals surface area contributed by atoms with Gasteiger partial charge in [-0.1, -0.05) is 18.2 Å². The van der Waals surface area contributed by atoms with Gasteiger partial charge in [0.05, 0.1) is 4.92 Å². The van der Waals surface area contributed by atoms with Gasteiger partial charge in [-0.15, -0.1) is 0 Å². The molecule has 1 N–H and O–H groups in total. The van der Waals surface area contributed by atoms with Crippen molar-refractivity contribution in [2.24, 2.45) is 0 Å². The van der Waals surface area contributed by atoms with Crippen LogP contribution in [0.25, 0.3) is 0 Å². The molecule has 0 heterocycles.